The molecular weight excluding hydrogens is 292 g/mol. The molecule has 0 unspecified atom stereocenters. The second kappa shape index (κ2) is 8.19. The highest BCUT2D eigenvalue weighted by atomic mass is 16.5. The van der Waals surface area contributed by atoms with Gasteiger partial charge in [0.15, 0.2) is 11.5 Å². The van der Waals surface area contributed by atoms with E-state index in [-0.39, 0.29) is 5.91 Å². The zero-order valence-corrected chi connectivity index (χ0v) is 13.6. The van der Waals surface area contributed by atoms with Crippen LogP contribution < -0.4 is 20.1 Å². The van der Waals surface area contributed by atoms with E-state index in [0.717, 1.165) is 11.1 Å². The Bertz CT molecular complexity index is 644. The number of carbonyl (C=O) groups excluding carboxylic acids is 1. The quantitative estimate of drug-likeness (QED) is 0.823. The molecule has 2 aromatic carbocycles. The van der Waals surface area contributed by atoms with Crippen molar-refractivity contribution in [2.45, 2.75) is 12.6 Å². The first kappa shape index (κ1) is 16.8. The zero-order chi connectivity index (χ0) is 16.7. The van der Waals surface area contributed by atoms with Crippen molar-refractivity contribution in [2.75, 3.05) is 21.3 Å². The van der Waals surface area contributed by atoms with Crippen molar-refractivity contribution < 1.29 is 14.3 Å². The first-order chi connectivity index (χ1) is 11.2. The molecule has 0 heterocycles. The molecular formula is C18H22N2O3. The predicted molar refractivity (Wildman–Crippen MR) is 89.6 cm³/mol. The molecule has 0 aliphatic rings. The molecule has 0 aromatic heterocycles. The van der Waals surface area contributed by atoms with Gasteiger partial charge in [-0.2, -0.15) is 0 Å². The average molecular weight is 314 g/mol. The number of carbonyl (C=O) groups is 1. The maximum atomic E-state index is 12.1. The van der Waals surface area contributed by atoms with E-state index in [0.29, 0.717) is 18.0 Å². The average Bonchev–Trinajstić information content (AvgIpc) is 2.62. The van der Waals surface area contributed by atoms with Gasteiger partial charge < -0.3 is 14.8 Å². The van der Waals surface area contributed by atoms with E-state index in [1.54, 1.807) is 21.3 Å². The Morgan fingerprint density at radius 2 is 1.74 bits per heavy atom. The standard InChI is InChI=1S/C18H22N2O3/c1-19-18(21)17(14-7-5-4-6-8-14)20-12-13-9-10-15(22-2)16(11-13)23-3/h4-11,17,20H,12H2,1-3H3,(H,19,21)/t17-/m1/s1. The van der Waals surface area contributed by atoms with Gasteiger partial charge in [-0.05, 0) is 23.3 Å². The van der Waals surface area contributed by atoms with Gasteiger partial charge in [0.05, 0.1) is 14.2 Å². The summed E-state index contributed by atoms with van der Waals surface area (Å²) in [6.45, 7) is 0.535. The van der Waals surface area contributed by atoms with Crippen molar-refractivity contribution in [1.29, 1.82) is 0 Å². The lowest BCUT2D eigenvalue weighted by Gasteiger charge is -2.18. The van der Waals surface area contributed by atoms with Gasteiger partial charge in [0.1, 0.15) is 6.04 Å². The monoisotopic (exact) mass is 314 g/mol. The van der Waals surface area contributed by atoms with Crippen LogP contribution in [-0.4, -0.2) is 27.2 Å². The van der Waals surface area contributed by atoms with Gasteiger partial charge >= 0.3 is 0 Å². The van der Waals surface area contributed by atoms with Crippen molar-refractivity contribution in [3.63, 3.8) is 0 Å². The molecule has 2 rings (SSSR count). The van der Waals surface area contributed by atoms with E-state index < -0.39 is 6.04 Å². The molecule has 1 amide bonds. The van der Waals surface area contributed by atoms with Crippen molar-refractivity contribution in [3.8, 4) is 11.5 Å². The van der Waals surface area contributed by atoms with Crippen LogP contribution in [0.4, 0.5) is 0 Å². The number of hydrogen-bond acceptors (Lipinski definition) is 4. The summed E-state index contributed by atoms with van der Waals surface area (Å²) in [6.07, 6.45) is 0. The highest BCUT2D eigenvalue weighted by Gasteiger charge is 2.18. The third kappa shape index (κ3) is 4.23. The van der Waals surface area contributed by atoms with E-state index >= 15 is 0 Å². The van der Waals surface area contributed by atoms with Crippen LogP contribution in [0.25, 0.3) is 0 Å². The van der Waals surface area contributed by atoms with Crippen LogP contribution >= 0.6 is 0 Å². The third-order valence-electron chi connectivity index (χ3n) is 3.60. The minimum absolute atomic E-state index is 0.0725. The molecule has 0 radical (unpaired) electrons. The fourth-order valence-corrected chi connectivity index (χ4v) is 2.36. The summed E-state index contributed by atoms with van der Waals surface area (Å²) in [5.74, 6) is 1.28. The fourth-order valence-electron chi connectivity index (χ4n) is 2.36. The van der Waals surface area contributed by atoms with Crippen LogP contribution in [0.1, 0.15) is 17.2 Å². The number of nitrogens with one attached hydrogen (secondary N) is 2. The predicted octanol–water partition coefficient (Wildman–Crippen LogP) is 2.28. The summed E-state index contributed by atoms with van der Waals surface area (Å²) in [6, 6.07) is 14.9. The first-order valence-electron chi connectivity index (χ1n) is 7.40. The molecule has 0 fully saturated rings. The lowest BCUT2D eigenvalue weighted by molar-refractivity contribution is -0.122. The van der Waals surface area contributed by atoms with Crippen LogP contribution in [0.2, 0.25) is 0 Å². The van der Waals surface area contributed by atoms with Crippen molar-refractivity contribution >= 4 is 5.91 Å². The molecule has 1 atom stereocenters. The summed E-state index contributed by atoms with van der Waals surface area (Å²) in [4.78, 5) is 12.1. The molecule has 0 saturated carbocycles. The smallest absolute Gasteiger partial charge is 0.241 e. The van der Waals surface area contributed by atoms with Crippen LogP contribution in [0.3, 0.4) is 0 Å². The lowest BCUT2D eigenvalue weighted by atomic mass is 10.1. The number of hydrogen-bond donors (Lipinski definition) is 2. The van der Waals surface area contributed by atoms with Gasteiger partial charge in [0.25, 0.3) is 0 Å². The topological polar surface area (TPSA) is 59.6 Å². The van der Waals surface area contributed by atoms with Crippen LogP contribution in [0, 0.1) is 0 Å². The van der Waals surface area contributed by atoms with Crippen LogP contribution in [0.15, 0.2) is 48.5 Å². The molecule has 5 nitrogen and oxygen atoms in total. The van der Waals surface area contributed by atoms with E-state index in [1.165, 1.54) is 0 Å². The van der Waals surface area contributed by atoms with E-state index in [1.807, 2.05) is 48.5 Å². The normalized spacial score (nSPS) is 11.6. The third-order valence-corrected chi connectivity index (χ3v) is 3.60. The highest BCUT2D eigenvalue weighted by Crippen LogP contribution is 2.27. The number of amides is 1. The highest BCUT2D eigenvalue weighted by molar-refractivity contribution is 5.82. The number of likely N-dealkylation sites (N-methyl/N-ethyl adjacent to an activating group) is 1. The molecule has 0 saturated heterocycles. The zero-order valence-electron chi connectivity index (χ0n) is 13.6. The van der Waals surface area contributed by atoms with Crippen molar-refractivity contribution in [2.24, 2.45) is 0 Å². The summed E-state index contributed by atoms with van der Waals surface area (Å²) in [5, 5.41) is 5.98. The van der Waals surface area contributed by atoms with Gasteiger partial charge in [0, 0.05) is 13.6 Å². The minimum atomic E-state index is -0.408. The largest absolute Gasteiger partial charge is 0.493 e. The summed E-state index contributed by atoms with van der Waals surface area (Å²) in [5.41, 5.74) is 1.93. The van der Waals surface area contributed by atoms with Gasteiger partial charge in [-0.3, -0.25) is 10.1 Å². The Hall–Kier alpha value is -2.53. The molecule has 0 bridgehead atoms. The Morgan fingerprint density at radius 3 is 2.35 bits per heavy atom. The van der Waals surface area contributed by atoms with Crippen LogP contribution in [0.5, 0.6) is 11.5 Å². The molecule has 5 heteroatoms. The maximum Gasteiger partial charge on any atom is 0.241 e. The maximum absolute atomic E-state index is 12.1. The van der Waals surface area contributed by atoms with E-state index in [9.17, 15) is 4.79 Å². The van der Waals surface area contributed by atoms with Gasteiger partial charge in [0.2, 0.25) is 5.91 Å². The van der Waals surface area contributed by atoms with E-state index in [4.69, 9.17) is 9.47 Å². The minimum Gasteiger partial charge on any atom is -0.493 e. The molecule has 2 N–H and O–H groups in total. The molecule has 0 aliphatic carbocycles. The lowest BCUT2D eigenvalue weighted by Crippen LogP contribution is -2.35. The second-order valence-electron chi connectivity index (χ2n) is 5.03. The Labute approximate surface area is 136 Å². The molecule has 23 heavy (non-hydrogen) atoms. The molecule has 0 spiro atoms. The van der Waals surface area contributed by atoms with Crippen molar-refractivity contribution in [3.05, 3.63) is 59.7 Å². The summed E-state index contributed by atoms with van der Waals surface area (Å²) in [7, 11) is 4.84. The van der Waals surface area contributed by atoms with Gasteiger partial charge in [-0.15, -0.1) is 0 Å². The first-order valence-corrected chi connectivity index (χ1v) is 7.40. The number of benzene rings is 2. The van der Waals surface area contributed by atoms with E-state index in [2.05, 4.69) is 10.6 Å². The number of ether oxygens (including phenoxy) is 2. The van der Waals surface area contributed by atoms with Crippen LogP contribution in [-0.2, 0) is 11.3 Å². The molecule has 122 valence electrons. The number of rotatable bonds is 7. The van der Waals surface area contributed by atoms with Crippen molar-refractivity contribution in [1.82, 2.24) is 10.6 Å². The van der Waals surface area contributed by atoms with Gasteiger partial charge in [-0.25, -0.2) is 0 Å². The molecule has 2 aromatic rings. The Morgan fingerprint density at radius 1 is 1.04 bits per heavy atom. The summed E-state index contributed by atoms with van der Waals surface area (Å²) < 4.78 is 10.5. The molecule has 0 aliphatic heterocycles. The fraction of sp³-hybridized carbons (Fsp3) is 0.278. The number of methoxy groups -OCH3 is 2. The second-order valence-corrected chi connectivity index (χ2v) is 5.03. The SMILES string of the molecule is CNC(=O)[C@H](NCc1ccc(OC)c(OC)c1)c1ccccc1. The van der Waals surface area contributed by atoms with Gasteiger partial charge in [-0.1, -0.05) is 36.4 Å². The Balaban J connectivity index is 2.14. The Kier molecular flexibility index (Phi) is 6.00. The summed E-state index contributed by atoms with van der Waals surface area (Å²) >= 11 is 0.